The first-order chi connectivity index (χ1) is 11.5. The number of sulfonamides is 1. The lowest BCUT2D eigenvalue weighted by atomic mass is 9.98. The molecule has 0 aliphatic heterocycles. The Hall–Kier alpha value is -1.64. The summed E-state index contributed by atoms with van der Waals surface area (Å²) in [6, 6.07) is 7.94. The molecular weight excluding hydrogens is 346 g/mol. The maximum atomic E-state index is 11.3. The van der Waals surface area contributed by atoms with Crippen LogP contribution in [0.2, 0.25) is 0 Å². The molecule has 1 heterocycles. The molecular formula is C16H21N3O3S2. The monoisotopic (exact) mass is 367 g/mol. The summed E-state index contributed by atoms with van der Waals surface area (Å²) in [7, 11) is -3.69. The molecule has 130 valence electrons. The predicted molar refractivity (Wildman–Crippen MR) is 94.8 cm³/mol. The van der Waals surface area contributed by atoms with Crippen LogP contribution < -0.4 is 15.2 Å². The maximum absolute atomic E-state index is 11.3. The Morgan fingerprint density at radius 3 is 2.79 bits per heavy atom. The highest BCUT2D eigenvalue weighted by Gasteiger charge is 2.15. The summed E-state index contributed by atoms with van der Waals surface area (Å²) < 4.78 is 28.6. The number of nitrogens with one attached hydrogen (secondary N) is 1. The van der Waals surface area contributed by atoms with Crippen LogP contribution in [0.5, 0.6) is 5.75 Å². The van der Waals surface area contributed by atoms with Crippen molar-refractivity contribution in [3.8, 4) is 5.75 Å². The van der Waals surface area contributed by atoms with E-state index in [1.165, 1.54) is 25.5 Å². The summed E-state index contributed by atoms with van der Waals surface area (Å²) in [6.45, 7) is 0.541. The van der Waals surface area contributed by atoms with E-state index in [9.17, 15) is 8.42 Å². The predicted octanol–water partition coefficient (Wildman–Crippen LogP) is 3.11. The van der Waals surface area contributed by atoms with Crippen molar-refractivity contribution in [2.24, 2.45) is 5.14 Å². The van der Waals surface area contributed by atoms with E-state index in [4.69, 9.17) is 9.88 Å². The standard InChI is InChI=1S/C16H21N3O3S2/c17-24(20,21)15-11-19-16(23-15)18-10-12-5-4-8-14(9-12)22-13-6-2-1-3-7-13/h4-5,8-9,11,13H,1-3,6-7,10H2,(H,18,19)(H2,17,20,21). The van der Waals surface area contributed by atoms with E-state index in [-0.39, 0.29) is 4.21 Å². The third-order valence-corrected chi connectivity index (χ3v) is 6.32. The SMILES string of the molecule is NS(=O)(=O)c1cnc(NCc2cccc(OC3CCCCC3)c2)s1. The molecule has 3 N–H and O–H groups in total. The lowest BCUT2D eigenvalue weighted by molar-refractivity contribution is 0.155. The van der Waals surface area contributed by atoms with Gasteiger partial charge in [0.25, 0.3) is 0 Å². The van der Waals surface area contributed by atoms with E-state index in [1.54, 1.807) is 0 Å². The second-order valence-electron chi connectivity index (χ2n) is 5.91. The van der Waals surface area contributed by atoms with Crippen LogP contribution in [0.25, 0.3) is 0 Å². The van der Waals surface area contributed by atoms with Gasteiger partial charge in [-0.3, -0.25) is 0 Å². The number of nitrogens with zero attached hydrogens (tertiary/aromatic N) is 1. The minimum atomic E-state index is -3.69. The van der Waals surface area contributed by atoms with Crippen LogP contribution in [0.3, 0.4) is 0 Å². The van der Waals surface area contributed by atoms with E-state index >= 15 is 0 Å². The molecule has 0 radical (unpaired) electrons. The summed E-state index contributed by atoms with van der Waals surface area (Å²) in [5.41, 5.74) is 1.05. The van der Waals surface area contributed by atoms with E-state index in [0.29, 0.717) is 17.8 Å². The summed E-state index contributed by atoms with van der Waals surface area (Å²) in [6.07, 6.45) is 7.61. The molecule has 1 saturated carbocycles. The molecule has 1 aromatic heterocycles. The Bertz CT molecular complexity index is 783. The lowest BCUT2D eigenvalue weighted by Crippen LogP contribution is -2.19. The molecule has 1 fully saturated rings. The van der Waals surface area contributed by atoms with Gasteiger partial charge in [-0.15, -0.1) is 0 Å². The number of aromatic nitrogens is 1. The number of anilines is 1. The van der Waals surface area contributed by atoms with Gasteiger partial charge in [-0.1, -0.05) is 29.9 Å². The number of thiazole rings is 1. The van der Waals surface area contributed by atoms with Crippen molar-refractivity contribution in [1.82, 2.24) is 4.98 Å². The molecule has 24 heavy (non-hydrogen) atoms. The maximum Gasteiger partial charge on any atom is 0.249 e. The third-order valence-electron chi connectivity index (χ3n) is 3.96. The highest BCUT2D eigenvalue weighted by Crippen LogP contribution is 2.25. The average Bonchev–Trinajstić information content (AvgIpc) is 3.04. The minimum absolute atomic E-state index is 0.0550. The van der Waals surface area contributed by atoms with Crippen LogP contribution in [0.15, 0.2) is 34.7 Å². The van der Waals surface area contributed by atoms with Crippen LogP contribution in [0, 0.1) is 0 Å². The van der Waals surface area contributed by atoms with Gasteiger partial charge in [0, 0.05) is 6.54 Å². The molecule has 1 aliphatic carbocycles. The molecule has 0 unspecified atom stereocenters. The largest absolute Gasteiger partial charge is 0.490 e. The minimum Gasteiger partial charge on any atom is -0.490 e. The van der Waals surface area contributed by atoms with Gasteiger partial charge in [-0.05, 0) is 43.4 Å². The van der Waals surface area contributed by atoms with Crippen molar-refractivity contribution in [1.29, 1.82) is 0 Å². The highest BCUT2D eigenvalue weighted by molar-refractivity contribution is 7.91. The summed E-state index contributed by atoms with van der Waals surface area (Å²) in [5.74, 6) is 0.880. The van der Waals surface area contributed by atoms with Crippen molar-refractivity contribution in [2.75, 3.05) is 5.32 Å². The van der Waals surface area contributed by atoms with Gasteiger partial charge in [-0.2, -0.15) is 0 Å². The first-order valence-electron chi connectivity index (χ1n) is 7.99. The fourth-order valence-corrected chi connectivity index (χ4v) is 4.20. The molecule has 0 saturated heterocycles. The van der Waals surface area contributed by atoms with Gasteiger partial charge >= 0.3 is 0 Å². The number of nitrogens with two attached hydrogens (primary N) is 1. The first kappa shape index (κ1) is 17.2. The summed E-state index contributed by atoms with van der Waals surface area (Å²) in [4.78, 5) is 4.03. The molecule has 0 atom stereocenters. The lowest BCUT2D eigenvalue weighted by Gasteiger charge is -2.23. The fourth-order valence-electron chi connectivity index (χ4n) is 2.75. The normalized spacial score (nSPS) is 16.0. The Balaban J connectivity index is 1.59. The van der Waals surface area contributed by atoms with E-state index < -0.39 is 10.0 Å². The molecule has 2 aromatic rings. The number of benzene rings is 1. The number of ether oxygens (including phenoxy) is 1. The van der Waals surface area contributed by atoms with Gasteiger partial charge < -0.3 is 10.1 Å². The topological polar surface area (TPSA) is 94.3 Å². The van der Waals surface area contributed by atoms with Crippen molar-refractivity contribution >= 4 is 26.5 Å². The van der Waals surface area contributed by atoms with E-state index in [2.05, 4.69) is 10.3 Å². The smallest absolute Gasteiger partial charge is 0.249 e. The molecule has 0 amide bonds. The third kappa shape index (κ3) is 4.68. The second kappa shape index (κ2) is 7.50. The van der Waals surface area contributed by atoms with Crippen molar-refractivity contribution in [3.05, 3.63) is 36.0 Å². The molecule has 3 rings (SSSR count). The average molecular weight is 367 g/mol. The van der Waals surface area contributed by atoms with Gasteiger partial charge in [0.2, 0.25) is 10.0 Å². The molecule has 1 aliphatic rings. The highest BCUT2D eigenvalue weighted by atomic mass is 32.2. The summed E-state index contributed by atoms with van der Waals surface area (Å²) >= 11 is 1.03. The van der Waals surface area contributed by atoms with Gasteiger partial charge in [0.05, 0.1) is 12.3 Å². The molecule has 0 bridgehead atoms. The Labute approximate surface area is 146 Å². The molecule has 6 nitrogen and oxygen atoms in total. The van der Waals surface area contributed by atoms with Crippen LogP contribution in [-0.4, -0.2) is 19.5 Å². The van der Waals surface area contributed by atoms with Gasteiger partial charge in [-0.25, -0.2) is 18.5 Å². The summed E-state index contributed by atoms with van der Waals surface area (Å²) in [5, 5.41) is 8.73. The van der Waals surface area contributed by atoms with Gasteiger partial charge in [0.15, 0.2) is 9.34 Å². The fraction of sp³-hybridized carbons (Fsp3) is 0.438. The zero-order valence-electron chi connectivity index (χ0n) is 13.3. The second-order valence-corrected chi connectivity index (χ2v) is 8.73. The van der Waals surface area contributed by atoms with Gasteiger partial charge in [0.1, 0.15) is 5.75 Å². The Kier molecular flexibility index (Phi) is 5.37. The number of hydrogen-bond acceptors (Lipinski definition) is 6. The van der Waals surface area contributed by atoms with Crippen molar-refractivity contribution < 1.29 is 13.2 Å². The number of rotatable bonds is 6. The molecule has 1 aromatic carbocycles. The molecule has 8 heteroatoms. The number of hydrogen-bond donors (Lipinski definition) is 2. The zero-order chi connectivity index (χ0) is 17.0. The van der Waals surface area contributed by atoms with Crippen molar-refractivity contribution in [3.63, 3.8) is 0 Å². The molecule has 0 spiro atoms. The zero-order valence-corrected chi connectivity index (χ0v) is 14.9. The van der Waals surface area contributed by atoms with Crippen LogP contribution in [0.1, 0.15) is 37.7 Å². The van der Waals surface area contributed by atoms with Crippen LogP contribution in [-0.2, 0) is 16.6 Å². The Morgan fingerprint density at radius 2 is 2.08 bits per heavy atom. The van der Waals surface area contributed by atoms with E-state index in [1.807, 2.05) is 24.3 Å². The Morgan fingerprint density at radius 1 is 1.29 bits per heavy atom. The quantitative estimate of drug-likeness (QED) is 0.818. The first-order valence-corrected chi connectivity index (χ1v) is 10.3. The van der Waals surface area contributed by atoms with Crippen LogP contribution >= 0.6 is 11.3 Å². The van der Waals surface area contributed by atoms with Crippen molar-refractivity contribution in [2.45, 2.75) is 49.0 Å². The van der Waals surface area contributed by atoms with E-state index in [0.717, 1.165) is 35.5 Å². The van der Waals surface area contributed by atoms with Crippen LogP contribution in [0.4, 0.5) is 5.13 Å². The number of primary sulfonamides is 1.